The largest absolute Gasteiger partial charge is 0.423 e. The van der Waals surface area contributed by atoms with E-state index in [1.54, 1.807) is 36.2 Å². The third-order valence-electron chi connectivity index (χ3n) is 3.88. The zero-order valence-corrected chi connectivity index (χ0v) is 17.9. The molecule has 0 bridgehead atoms. The topological polar surface area (TPSA) is 85.3 Å². The Labute approximate surface area is 182 Å². The fourth-order valence-corrected chi connectivity index (χ4v) is 3.58. The number of amides is 1. The zero-order chi connectivity index (χ0) is 21.8. The smallest absolute Gasteiger partial charge is 0.308 e. The predicted molar refractivity (Wildman–Crippen MR) is 117 cm³/mol. The zero-order valence-electron chi connectivity index (χ0n) is 16.3. The van der Waals surface area contributed by atoms with E-state index in [1.807, 2.05) is 12.1 Å². The van der Waals surface area contributed by atoms with Gasteiger partial charge in [-0.3, -0.25) is 14.4 Å². The number of ether oxygens (including phenoxy) is 2. The summed E-state index contributed by atoms with van der Waals surface area (Å²) in [6, 6.07) is 11.8. The first kappa shape index (κ1) is 21.6. The van der Waals surface area contributed by atoms with Gasteiger partial charge in [0.1, 0.15) is 0 Å². The fraction of sp³-hybridized carbons (Fsp3) is 0.143. The molecule has 1 amide bonds. The van der Waals surface area contributed by atoms with Crippen molar-refractivity contribution in [2.75, 3.05) is 11.9 Å². The van der Waals surface area contributed by atoms with E-state index in [4.69, 9.17) is 21.1 Å². The molecule has 7 nitrogen and oxygen atoms in total. The van der Waals surface area contributed by atoms with Crippen LogP contribution < -0.4 is 14.4 Å². The van der Waals surface area contributed by atoms with Gasteiger partial charge in [-0.25, -0.2) is 0 Å². The first-order valence-corrected chi connectivity index (χ1v) is 9.95. The van der Waals surface area contributed by atoms with Gasteiger partial charge in [0.05, 0.1) is 4.91 Å². The molecule has 1 heterocycles. The molecule has 0 fully saturated rings. The number of aliphatic imine (C=N–C) groups is 1. The van der Waals surface area contributed by atoms with E-state index in [1.165, 1.54) is 37.7 Å². The predicted octanol–water partition coefficient (Wildman–Crippen LogP) is 4.30. The van der Waals surface area contributed by atoms with Gasteiger partial charge in [0.2, 0.25) is 0 Å². The Hall–Kier alpha value is -3.10. The van der Waals surface area contributed by atoms with Crippen molar-refractivity contribution in [2.45, 2.75) is 13.8 Å². The van der Waals surface area contributed by atoms with Gasteiger partial charge in [-0.05, 0) is 59.8 Å². The number of halogens is 1. The van der Waals surface area contributed by atoms with Crippen molar-refractivity contribution >= 4 is 58.1 Å². The number of hydrogen-bond acceptors (Lipinski definition) is 7. The van der Waals surface area contributed by atoms with Gasteiger partial charge in [0, 0.05) is 31.6 Å². The fourth-order valence-electron chi connectivity index (χ4n) is 2.56. The minimum Gasteiger partial charge on any atom is -0.423 e. The van der Waals surface area contributed by atoms with Crippen molar-refractivity contribution in [1.82, 2.24) is 0 Å². The van der Waals surface area contributed by atoms with Crippen molar-refractivity contribution in [3.8, 4) is 11.5 Å². The number of thioether (sulfide) groups is 1. The van der Waals surface area contributed by atoms with Gasteiger partial charge < -0.3 is 14.4 Å². The van der Waals surface area contributed by atoms with Crippen LogP contribution in [0.5, 0.6) is 11.5 Å². The number of nitrogens with zero attached hydrogens (tertiary/aromatic N) is 2. The summed E-state index contributed by atoms with van der Waals surface area (Å²) in [5, 5.41) is 1.14. The summed E-state index contributed by atoms with van der Waals surface area (Å²) in [4.78, 5) is 41.3. The lowest BCUT2D eigenvalue weighted by molar-refractivity contribution is -0.134. The molecule has 2 aromatic carbocycles. The van der Waals surface area contributed by atoms with E-state index in [9.17, 15) is 14.4 Å². The van der Waals surface area contributed by atoms with Crippen molar-refractivity contribution in [3.05, 3.63) is 58.0 Å². The second kappa shape index (κ2) is 9.15. The maximum atomic E-state index is 12.4. The number of carbonyl (C=O) groups excluding carboxylic acids is 3. The Kier molecular flexibility index (Phi) is 6.59. The lowest BCUT2D eigenvalue weighted by Crippen LogP contribution is -2.21. The second-order valence-electron chi connectivity index (χ2n) is 6.24. The molecule has 3 rings (SSSR count). The first-order chi connectivity index (χ1) is 14.2. The van der Waals surface area contributed by atoms with E-state index >= 15 is 0 Å². The van der Waals surface area contributed by atoms with Crippen LogP contribution >= 0.6 is 23.4 Å². The summed E-state index contributed by atoms with van der Waals surface area (Å²) in [6.07, 6.45) is 1.63. The number of benzene rings is 2. The minimum atomic E-state index is -0.560. The summed E-state index contributed by atoms with van der Waals surface area (Å²) in [6.45, 7) is 2.49. The van der Waals surface area contributed by atoms with Crippen molar-refractivity contribution < 1.29 is 23.9 Å². The molecule has 0 spiro atoms. The summed E-state index contributed by atoms with van der Waals surface area (Å²) in [7, 11) is 1.80. The highest BCUT2D eigenvalue weighted by Gasteiger charge is 2.25. The normalized spacial score (nSPS) is 14.5. The summed E-state index contributed by atoms with van der Waals surface area (Å²) >= 11 is 7.14. The van der Waals surface area contributed by atoms with Gasteiger partial charge in [0.15, 0.2) is 16.7 Å². The molecule has 0 radical (unpaired) electrons. The lowest BCUT2D eigenvalue weighted by Gasteiger charge is -2.17. The van der Waals surface area contributed by atoms with Crippen molar-refractivity contribution in [1.29, 1.82) is 0 Å². The maximum absolute atomic E-state index is 12.4. The molecule has 0 unspecified atom stereocenters. The van der Waals surface area contributed by atoms with Crippen LogP contribution in [0.25, 0.3) is 6.08 Å². The maximum Gasteiger partial charge on any atom is 0.308 e. The second-order valence-corrected chi connectivity index (χ2v) is 7.68. The average molecular weight is 445 g/mol. The molecule has 0 N–H and O–H groups in total. The minimum absolute atomic E-state index is 0.0851. The Morgan fingerprint density at radius 2 is 1.67 bits per heavy atom. The first-order valence-electron chi connectivity index (χ1n) is 8.75. The molecule has 0 aliphatic carbocycles. The Bertz CT molecular complexity index is 1080. The third-order valence-corrected chi connectivity index (χ3v) is 5.20. The Morgan fingerprint density at radius 1 is 1.03 bits per heavy atom. The van der Waals surface area contributed by atoms with Crippen LogP contribution in [0.4, 0.5) is 5.69 Å². The van der Waals surface area contributed by atoms with E-state index in [-0.39, 0.29) is 17.4 Å². The highest BCUT2D eigenvalue weighted by atomic mass is 35.5. The van der Waals surface area contributed by atoms with Crippen LogP contribution in [0.15, 0.2) is 52.4 Å². The lowest BCUT2D eigenvalue weighted by atomic mass is 10.2. The molecule has 0 saturated heterocycles. The number of carbonyl (C=O) groups is 3. The summed E-state index contributed by atoms with van der Waals surface area (Å²) in [5.41, 5.74) is 1.42. The standard InChI is InChI=1S/C21H17ClN2O5S/c1-12(25)28-17-9-4-14(10-18(17)29-13(2)26)11-19-20(27)23-21(30-19)24(3)16-7-5-15(22)6-8-16/h4-11H,1-3H3/b19-11-. The molecule has 0 aromatic heterocycles. The molecule has 0 saturated carbocycles. The summed E-state index contributed by atoms with van der Waals surface area (Å²) in [5.74, 6) is -1.28. The van der Waals surface area contributed by atoms with E-state index < -0.39 is 11.9 Å². The summed E-state index contributed by atoms with van der Waals surface area (Å²) < 4.78 is 10.2. The van der Waals surface area contributed by atoms with Crippen LogP contribution in [0.2, 0.25) is 5.02 Å². The van der Waals surface area contributed by atoms with Crippen LogP contribution in [-0.2, 0) is 14.4 Å². The Morgan fingerprint density at radius 3 is 2.30 bits per heavy atom. The third kappa shape index (κ3) is 5.28. The molecule has 9 heteroatoms. The van der Waals surface area contributed by atoms with Gasteiger partial charge in [0.25, 0.3) is 5.91 Å². The SMILES string of the molecule is CC(=O)Oc1ccc(/C=C2\SC(N(C)c3ccc(Cl)cc3)=NC2=O)cc1OC(C)=O. The molecule has 30 heavy (non-hydrogen) atoms. The molecule has 0 atom stereocenters. The molecule has 1 aliphatic heterocycles. The highest BCUT2D eigenvalue weighted by molar-refractivity contribution is 8.18. The monoisotopic (exact) mass is 444 g/mol. The van der Waals surface area contributed by atoms with Crippen LogP contribution in [-0.4, -0.2) is 30.1 Å². The Balaban J connectivity index is 1.83. The van der Waals surface area contributed by atoms with Gasteiger partial charge in [-0.1, -0.05) is 17.7 Å². The molecule has 2 aromatic rings. The van der Waals surface area contributed by atoms with E-state index in [0.29, 0.717) is 20.7 Å². The van der Waals surface area contributed by atoms with Crippen molar-refractivity contribution in [2.24, 2.45) is 4.99 Å². The average Bonchev–Trinajstić information content (AvgIpc) is 3.03. The molecule has 154 valence electrons. The molecule has 1 aliphatic rings. The van der Waals surface area contributed by atoms with E-state index in [0.717, 1.165) is 5.69 Å². The van der Waals surface area contributed by atoms with Gasteiger partial charge >= 0.3 is 11.9 Å². The van der Waals surface area contributed by atoms with Gasteiger partial charge in [-0.2, -0.15) is 4.99 Å². The van der Waals surface area contributed by atoms with Crippen LogP contribution in [0.1, 0.15) is 19.4 Å². The molecular weight excluding hydrogens is 428 g/mol. The number of hydrogen-bond donors (Lipinski definition) is 0. The highest BCUT2D eigenvalue weighted by Crippen LogP contribution is 2.34. The van der Waals surface area contributed by atoms with Crippen LogP contribution in [0.3, 0.4) is 0 Å². The number of esters is 2. The van der Waals surface area contributed by atoms with E-state index in [2.05, 4.69) is 4.99 Å². The van der Waals surface area contributed by atoms with Crippen LogP contribution in [0, 0.1) is 0 Å². The quantitative estimate of drug-likeness (QED) is 0.395. The van der Waals surface area contributed by atoms with Crippen molar-refractivity contribution in [3.63, 3.8) is 0 Å². The number of rotatable bonds is 4. The number of anilines is 1. The molecular formula is C21H17ClN2O5S. The van der Waals surface area contributed by atoms with Gasteiger partial charge in [-0.15, -0.1) is 0 Å². The number of amidine groups is 1.